The number of imide groups is 2. The lowest BCUT2D eigenvalue weighted by Crippen LogP contribution is -2.54. The second-order valence-electron chi connectivity index (χ2n) is 5.44. The maximum Gasteiger partial charge on any atom is 0.336 e. The zero-order valence-corrected chi connectivity index (χ0v) is 13.9. The van der Waals surface area contributed by atoms with Crippen molar-refractivity contribution in [2.24, 2.45) is 0 Å². The minimum absolute atomic E-state index is 0.000166. The largest absolute Gasteiger partial charge is 0.480 e. The molecule has 0 atom stereocenters. The second kappa shape index (κ2) is 7.54. The van der Waals surface area contributed by atoms with Gasteiger partial charge in [-0.05, 0) is 24.3 Å². The van der Waals surface area contributed by atoms with E-state index in [9.17, 15) is 18.8 Å². The van der Waals surface area contributed by atoms with Gasteiger partial charge >= 0.3 is 6.03 Å². The number of carbonyl (C=O) groups is 3. The van der Waals surface area contributed by atoms with E-state index in [1.165, 1.54) is 24.3 Å². The highest BCUT2D eigenvalue weighted by Gasteiger charge is 2.38. The van der Waals surface area contributed by atoms with Crippen LogP contribution in [0.25, 0.3) is 6.08 Å². The van der Waals surface area contributed by atoms with Crippen LogP contribution in [0.2, 0.25) is 0 Å². The molecule has 1 aliphatic heterocycles. The Balaban J connectivity index is 2.03. The van der Waals surface area contributed by atoms with Crippen LogP contribution >= 0.6 is 0 Å². The molecule has 0 bridgehead atoms. The number of anilines is 1. The molecule has 1 aliphatic rings. The molecular weight excluding hydrogens is 351 g/mol. The quantitative estimate of drug-likeness (QED) is 0.514. The van der Waals surface area contributed by atoms with Crippen molar-refractivity contribution in [1.29, 1.82) is 0 Å². The first kappa shape index (κ1) is 17.9. The Kier molecular flexibility index (Phi) is 4.99. The molecule has 0 saturated carbocycles. The van der Waals surface area contributed by atoms with E-state index in [4.69, 9.17) is 11.2 Å². The average molecular weight is 364 g/mol. The number of terminal acetylenes is 1. The number of ether oxygens (including phenoxy) is 1. The van der Waals surface area contributed by atoms with Crippen LogP contribution in [-0.2, 0) is 9.59 Å². The van der Waals surface area contributed by atoms with Crippen molar-refractivity contribution in [3.63, 3.8) is 0 Å². The molecule has 27 heavy (non-hydrogen) atoms. The summed E-state index contributed by atoms with van der Waals surface area (Å²) < 4.78 is 19.4. The summed E-state index contributed by atoms with van der Waals surface area (Å²) in [5.41, 5.74) is -0.182. The van der Waals surface area contributed by atoms with Gasteiger partial charge in [-0.25, -0.2) is 14.1 Å². The predicted octanol–water partition coefficient (Wildman–Crippen LogP) is 2.50. The predicted molar refractivity (Wildman–Crippen MR) is 96.2 cm³/mol. The normalized spacial score (nSPS) is 15.5. The first-order chi connectivity index (χ1) is 13.0. The van der Waals surface area contributed by atoms with Crippen molar-refractivity contribution < 1.29 is 23.5 Å². The van der Waals surface area contributed by atoms with Crippen molar-refractivity contribution in [3.8, 4) is 18.1 Å². The third-order valence-corrected chi connectivity index (χ3v) is 3.72. The Morgan fingerprint density at radius 2 is 1.81 bits per heavy atom. The second-order valence-corrected chi connectivity index (χ2v) is 5.44. The molecule has 0 spiro atoms. The number of hydrogen-bond acceptors (Lipinski definition) is 4. The Morgan fingerprint density at radius 3 is 2.56 bits per heavy atom. The molecule has 0 unspecified atom stereocenters. The number of carbonyl (C=O) groups excluding carboxylic acids is 3. The van der Waals surface area contributed by atoms with E-state index in [0.29, 0.717) is 16.2 Å². The van der Waals surface area contributed by atoms with Gasteiger partial charge in [0.25, 0.3) is 11.8 Å². The van der Waals surface area contributed by atoms with E-state index in [1.54, 1.807) is 24.3 Å². The van der Waals surface area contributed by atoms with Gasteiger partial charge in [0, 0.05) is 5.56 Å². The van der Waals surface area contributed by atoms with E-state index in [1.807, 2.05) is 5.32 Å². The smallest absolute Gasteiger partial charge is 0.336 e. The maximum absolute atomic E-state index is 14.1. The van der Waals surface area contributed by atoms with Gasteiger partial charge in [0.2, 0.25) is 0 Å². The highest BCUT2D eigenvalue weighted by Crippen LogP contribution is 2.26. The zero-order valence-electron chi connectivity index (χ0n) is 13.9. The Hall–Kier alpha value is -3.92. The highest BCUT2D eigenvalue weighted by molar-refractivity contribution is 6.39. The van der Waals surface area contributed by atoms with E-state index in [0.717, 1.165) is 6.07 Å². The fourth-order valence-electron chi connectivity index (χ4n) is 2.52. The van der Waals surface area contributed by atoms with Gasteiger partial charge in [-0.15, -0.1) is 6.42 Å². The summed E-state index contributed by atoms with van der Waals surface area (Å²) in [5.74, 6) is 0.0810. The summed E-state index contributed by atoms with van der Waals surface area (Å²) >= 11 is 0. The molecule has 6 nitrogen and oxygen atoms in total. The van der Waals surface area contributed by atoms with Crippen molar-refractivity contribution in [3.05, 3.63) is 65.5 Å². The van der Waals surface area contributed by atoms with E-state index < -0.39 is 23.7 Å². The molecule has 1 N–H and O–H groups in total. The van der Waals surface area contributed by atoms with Crippen LogP contribution in [0, 0.1) is 18.2 Å². The molecule has 7 heteroatoms. The fraction of sp³-hybridized carbons (Fsp3) is 0.0500. The molecule has 0 aromatic heterocycles. The summed E-state index contributed by atoms with van der Waals surface area (Å²) in [4.78, 5) is 37.6. The topological polar surface area (TPSA) is 75.7 Å². The highest BCUT2D eigenvalue weighted by atomic mass is 19.1. The van der Waals surface area contributed by atoms with Gasteiger partial charge in [0.1, 0.15) is 23.7 Å². The van der Waals surface area contributed by atoms with E-state index >= 15 is 0 Å². The van der Waals surface area contributed by atoms with Crippen molar-refractivity contribution >= 4 is 29.6 Å². The number of halogens is 1. The number of benzene rings is 2. The summed E-state index contributed by atoms with van der Waals surface area (Å²) in [6.07, 6.45) is 6.45. The van der Waals surface area contributed by atoms with Crippen LogP contribution in [0.4, 0.5) is 14.9 Å². The van der Waals surface area contributed by atoms with Crippen LogP contribution in [-0.4, -0.2) is 24.5 Å². The molecular formula is C20H13FN2O4. The summed E-state index contributed by atoms with van der Waals surface area (Å²) in [6.45, 7) is 0.000166. The molecule has 1 fully saturated rings. The van der Waals surface area contributed by atoms with Gasteiger partial charge < -0.3 is 4.74 Å². The first-order valence-electron chi connectivity index (χ1n) is 7.84. The molecule has 2 aromatic rings. The summed E-state index contributed by atoms with van der Waals surface area (Å²) in [6, 6.07) is 10.9. The molecule has 4 amide bonds. The van der Waals surface area contributed by atoms with Crippen LogP contribution in [0.1, 0.15) is 5.56 Å². The SMILES string of the molecule is C#CCOc1ccccc1/C=C1/C(=O)NC(=O)N(c2ccccc2F)C1=O. The van der Waals surface area contributed by atoms with E-state index in [-0.39, 0.29) is 17.9 Å². The van der Waals surface area contributed by atoms with Crippen LogP contribution in [0.15, 0.2) is 54.1 Å². The minimum atomic E-state index is -1.02. The molecule has 0 aliphatic carbocycles. The van der Waals surface area contributed by atoms with Gasteiger partial charge in [-0.3, -0.25) is 14.9 Å². The van der Waals surface area contributed by atoms with Crippen molar-refractivity contribution in [1.82, 2.24) is 5.32 Å². The zero-order chi connectivity index (χ0) is 19.4. The number of barbiturate groups is 1. The average Bonchev–Trinajstić information content (AvgIpc) is 2.65. The molecule has 0 radical (unpaired) electrons. The number of hydrogen-bond donors (Lipinski definition) is 1. The first-order valence-corrected chi connectivity index (χ1v) is 7.84. The van der Waals surface area contributed by atoms with Gasteiger partial charge in [-0.2, -0.15) is 0 Å². The minimum Gasteiger partial charge on any atom is -0.480 e. The molecule has 3 rings (SSSR count). The van der Waals surface area contributed by atoms with Gasteiger partial charge in [-0.1, -0.05) is 36.3 Å². The number of nitrogens with zero attached hydrogens (tertiary/aromatic N) is 1. The number of urea groups is 1. The lowest BCUT2D eigenvalue weighted by atomic mass is 10.1. The summed E-state index contributed by atoms with van der Waals surface area (Å²) in [5, 5.41) is 2.04. The third-order valence-electron chi connectivity index (χ3n) is 3.72. The monoisotopic (exact) mass is 364 g/mol. The standard InChI is InChI=1S/C20H13FN2O4/c1-2-11-27-17-10-6-3-7-13(17)12-14-18(24)22-20(26)23(19(14)25)16-9-5-4-8-15(16)21/h1,3-10,12H,11H2,(H,22,24,26)/b14-12-. The number of amides is 4. The molecule has 1 saturated heterocycles. The Labute approximate surface area is 154 Å². The lowest BCUT2D eigenvalue weighted by Gasteiger charge is -2.26. The van der Waals surface area contributed by atoms with Crippen LogP contribution in [0.5, 0.6) is 5.75 Å². The van der Waals surface area contributed by atoms with Crippen molar-refractivity contribution in [2.75, 3.05) is 11.5 Å². The maximum atomic E-state index is 14.1. The molecule has 134 valence electrons. The fourth-order valence-corrected chi connectivity index (χ4v) is 2.52. The van der Waals surface area contributed by atoms with Gasteiger partial charge in [0.15, 0.2) is 0 Å². The van der Waals surface area contributed by atoms with E-state index in [2.05, 4.69) is 5.92 Å². The molecule has 1 heterocycles. The third kappa shape index (κ3) is 3.55. The molecule has 2 aromatic carbocycles. The number of para-hydroxylation sites is 2. The Bertz CT molecular complexity index is 1010. The Morgan fingerprint density at radius 1 is 1.11 bits per heavy atom. The summed E-state index contributed by atoms with van der Waals surface area (Å²) in [7, 11) is 0. The van der Waals surface area contributed by atoms with Gasteiger partial charge in [0.05, 0.1) is 5.69 Å². The lowest BCUT2D eigenvalue weighted by molar-refractivity contribution is -0.122. The number of rotatable bonds is 4. The number of nitrogens with one attached hydrogen (secondary N) is 1. The van der Waals surface area contributed by atoms with Crippen LogP contribution in [0.3, 0.4) is 0 Å². The van der Waals surface area contributed by atoms with Crippen molar-refractivity contribution in [2.45, 2.75) is 0 Å². The van der Waals surface area contributed by atoms with Crippen LogP contribution < -0.4 is 15.0 Å².